The van der Waals surface area contributed by atoms with Gasteiger partial charge in [0, 0.05) is 12.8 Å². The molecule has 2 amide bonds. The van der Waals surface area contributed by atoms with Crippen LogP contribution in [0.5, 0.6) is 5.75 Å². The maximum absolute atomic E-state index is 12.9. The molecule has 0 aliphatic carbocycles. The first-order chi connectivity index (χ1) is 16.2. The Morgan fingerprint density at radius 3 is 2.50 bits per heavy atom. The van der Waals surface area contributed by atoms with Gasteiger partial charge in [-0.2, -0.15) is 4.98 Å². The van der Waals surface area contributed by atoms with Crippen molar-refractivity contribution in [1.82, 2.24) is 15.5 Å². The zero-order valence-electron chi connectivity index (χ0n) is 19.2. The second kappa shape index (κ2) is 11.3. The fourth-order valence-electron chi connectivity index (χ4n) is 3.68. The van der Waals surface area contributed by atoms with Crippen LogP contribution in [0.15, 0.2) is 47.0 Å². The number of carbonyl (C=O) groups is 2. The maximum Gasteiger partial charge on any atom is 0.404 e. The lowest BCUT2D eigenvalue weighted by molar-refractivity contribution is -0.123. The quantitative estimate of drug-likeness (QED) is 0.352. The molecule has 1 heterocycles. The molecule has 0 unspecified atom stereocenters. The van der Waals surface area contributed by atoms with Gasteiger partial charge in [-0.15, -0.1) is 0 Å². The topological polar surface area (TPSA) is 167 Å². The van der Waals surface area contributed by atoms with E-state index in [4.69, 9.17) is 20.7 Å². The number of phenolic OH excluding ortho intramolecular Hbond substituents is 1. The van der Waals surface area contributed by atoms with Crippen molar-refractivity contribution >= 4 is 12.0 Å². The molecule has 10 nitrogen and oxygen atoms in total. The van der Waals surface area contributed by atoms with Crippen molar-refractivity contribution in [1.29, 1.82) is 0 Å². The molecule has 34 heavy (non-hydrogen) atoms. The number of amides is 2. The molecule has 10 heteroatoms. The first-order valence-electron chi connectivity index (χ1n) is 10.9. The van der Waals surface area contributed by atoms with E-state index in [0.29, 0.717) is 12.2 Å². The van der Waals surface area contributed by atoms with E-state index < -0.39 is 24.1 Å². The summed E-state index contributed by atoms with van der Waals surface area (Å²) in [6.45, 7) is 3.65. The third-order valence-electron chi connectivity index (χ3n) is 5.40. The van der Waals surface area contributed by atoms with Crippen LogP contribution in [0.25, 0.3) is 0 Å². The molecule has 6 N–H and O–H groups in total. The van der Waals surface area contributed by atoms with Crippen LogP contribution < -0.4 is 16.8 Å². The third-order valence-corrected chi connectivity index (χ3v) is 5.40. The number of nitrogens with two attached hydrogens (primary N) is 2. The zero-order chi connectivity index (χ0) is 24.7. The number of primary amides is 1. The van der Waals surface area contributed by atoms with E-state index in [1.165, 1.54) is 0 Å². The van der Waals surface area contributed by atoms with E-state index in [0.717, 1.165) is 22.3 Å². The first kappa shape index (κ1) is 24.7. The molecular formula is C24H29N5O5. The minimum atomic E-state index is -0.921. The average Bonchev–Trinajstić information content (AvgIpc) is 3.24. The standard InChI is InChI=1S/C24H29N5O5/c1-14-10-17(30)11-15(2)18(14)13-19(25)22(31)27-20(8-9-33-24(26)32)23-28-21(29-34-23)12-16-6-4-3-5-7-16/h3-7,10-11,19-20,30H,8-9,12-13,25H2,1-2H3,(H2,26,32)(H,27,31)/t19-,20-/m0/s1. The second-order valence-electron chi connectivity index (χ2n) is 8.10. The highest BCUT2D eigenvalue weighted by atomic mass is 16.5. The molecule has 0 saturated heterocycles. The molecule has 0 aliphatic rings. The van der Waals surface area contributed by atoms with Gasteiger partial charge in [0.25, 0.3) is 0 Å². The van der Waals surface area contributed by atoms with Gasteiger partial charge < -0.3 is 31.2 Å². The Morgan fingerprint density at radius 1 is 1.18 bits per heavy atom. The Hall–Kier alpha value is -3.92. The van der Waals surface area contributed by atoms with E-state index in [1.807, 2.05) is 44.2 Å². The first-order valence-corrected chi connectivity index (χ1v) is 10.9. The predicted octanol–water partition coefficient (Wildman–Crippen LogP) is 2.20. The summed E-state index contributed by atoms with van der Waals surface area (Å²) in [5.74, 6) is 0.361. The van der Waals surface area contributed by atoms with Gasteiger partial charge in [-0.25, -0.2) is 4.79 Å². The predicted molar refractivity (Wildman–Crippen MR) is 124 cm³/mol. The van der Waals surface area contributed by atoms with Gasteiger partial charge in [0.1, 0.15) is 11.8 Å². The summed E-state index contributed by atoms with van der Waals surface area (Å²) in [5.41, 5.74) is 14.8. The van der Waals surface area contributed by atoms with E-state index >= 15 is 0 Å². The van der Waals surface area contributed by atoms with E-state index in [2.05, 4.69) is 15.5 Å². The number of hydrogen-bond acceptors (Lipinski definition) is 8. The van der Waals surface area contributed by atoms with Crippen LogP contribution in [0.3, 0.4) is 0 Å². The molecule has 180 valence electrons. The number of nitrogens with zero attached hydrogens (tertiary/aromatic N) is 2. The number of nitrogens with one attached hydrogen (secondary N) is 1. The number of phenols is 1. The van der Waals surface area contributed by atoms with Crippen molar-refractivity contribution in [3.05, 3.63) is 76.4 Å². The Kier molecular flexibility index (Phi) is 8.20. The molecule has 3 aromatic rings. The SMILES string of the molecule is Cc1cc(O)cc(C)c1C[C@H](N)C(=O)N[C@@H](CCOC(N)=O)c1nc(Cc2ccccc2)no1. The van der Waals surface area contributed by atoms with E-state index in [9.17, 15) is 14.7 Å². The van der Waals surface area contributed by atoms with E-state index in [-0.39, 0.29) is 31.1 Å². The van der Waals surface area contributed by atoms with Gasteiger partial charge in [0.15, 0.2) is 5.82 Å². The number of aromatic nitrogens is 2. The number of aryl methyl sites for hydroxylation is 2. The van der Waals surface area contributed by atoms with Gasteiger partial charge in [-0.05, 0) is 54.7 Å². The van der Waals surface area contributed by atoms with Crippen molar-refractivity contribution in [2.75, 3.05) is 6.61 Å². The van der Waals surface area contributed by atoms with Gasteiger partial charge in [0.2, 0.25) is 11.8 Å². The fraction of sp³-hybridized carbons (Fsp3) is 0.333. The molecule has 2 aromatic carbocycles. The molecule has 1 aromatic heterocycles. The summed E-state index contributed by atoms with van der Waals surface area (Å²) >= 11 is 0. The van der Waals surface area contributed by atoms with Gasteiger partial charge in [-0.1, -0.05) is 35.5 Å². The number of aromatic hydroxyl groups is 1. The summed E-state index contributed by atoms with van der Waals surface area (Å²) in [6.07, 6.45) is -0.0135. The highest BCUT2D eigenvalue weighted by Crippen LogP contribution is 2.22. The minimum absolute atomic E-state index is 0.0535. The molecule has 0 saturated carbocycles. The van der Waals surface area contributed by atoms with Gasteiger partial charge >= 0.3 is 6.09 Å². The smallest absolute Gasteiger partial charge is 0.404 e. The van der Waals surface area contributed by atoms with Crippen LogP contribution >= 0.6 is 0 Å². The second-order valence-corrected chi connectivity index (χ2v) is 8.10. The Balaban J connectivity index is 1.71. The monoisotopic (exact) mass is 467 g/mol. The van der Waals surface area contributed by atoms with Crippen LogP contribution in [-0.4, -0.2) is 39.9 Å². The minimum Gasteiger partial charge on any atom is -0.508 e. The van der Waals surface area contributed by atoms with Gasteiger partial charge in [-0.3, -0.25) is 4.79 Å². The summed E-state index contributed by atoms with van der Waals surface area (Å²) in [4.78, 5) is 28.3. The maximum atomic E-state index is 12.9. The van der Waals surface area contributed by atoms with Crippen LogP contribution in [0.4, 0.5) is 4.79 Å². The average molecular weight is 468 g/mol. The van der Waals surface area contributed by atoms with Crippen LogP contribution in [-0.2, 0) is 22.4 Å². The molecular weight excluding hydrogens is 438 g/mol. The largest absolute Gasteiger partial charge is 0.508 e. The molecule has 0 fully saturated rings. The highest BCUT2D eigenvalue weighted by Gasteiger charge is 2.25. The van der Waals surface area contributed by atoms with Crippen molar-refractivity contribution in [3.63, 3.8) is 0 Å². The molecule has 3 rings (SSSR count). The van der Waals surface area contributed by atoms with Crippen LogP contribution in [0.1, 0.15) is 46.4 Å². The Bertz CT molecular complexity index is 1110. The fourth-order valence-corrected chi connectivity index (χ4v) is 3.68. The number of ether oxygens (including phenoxy) is 1. The summed E-state index contributed by atoms with van der Waals surface area (Å²) in [7, 11) is 0. The number of carbonyl (C=O) groups excluding carboxylic acids is 2. The van der Waals surface area contributed by atoms with Crippen molar-refractivity contribution in [2.24, 2.45) is 11.5 Å². The highest BCUT2D eigenvalue weighted by molar-refractivity contribution is 5.82. The summed E-state index contributed by atoms with van der Waals surface area (Å²) in [5, 5.41) is 16.6. The van der Waals surface area contributed by atoms with Crippen LogP contribution in [0, 0.1) is 13.8 Å². The van der Waals surface area contributed by atoms with Crippen LogP contribution in [0.2, 0.25) is 0 Å². The summed E-state index contributed by atoms with van der Waals surface area (Å²) in [6, 6.07) is 11.3. The zero-order valence-corrected chi connectivity index (χ0v) is 19.2. The molecule has 0 bridgehead atoms. The normalized spacial score (nSPS) is 12.7. The number of rotatable bonds is 10. The number of hydrogen-bond donors (Lipinski definition) is 4. The molecule has 2 atom stereocenters. The van der Waals surface area contributed by atoms with Crippen molar-refractivity contribution in [2.45, 2.75) is 45.2 Å². The Morgan fingerprint density at radius 2 is 1.85 bits per heavy atom. The molecule has 0 spiro atoms. The lowest BCUT2D eigenvalue weighted by Crippen LogP contribution is -2.44. The summed E-state index contributed by atoms with van der Waals surface area (Å²) < 4.78 is 10.2. The van der Waals surface area contributed by atoms with E-state index in [1.54, 1.807) is 12.1 Å². The van der Waals surface area contributed by atoms with Crippen molar-refractivity contribution in [3.8, 4) is 5.75 Å². The molecule has 0 radical (unpaired) electrons. The van der Waals surface area contributed by atoms with Crippen molar-refractivity contribution < 1.29 is 24.0 Å². The van der Waals surface area contributed by atoms with Gasteiger partial charge in [0.05, 0.1) is 12.6 Å². The lowest BCUT2D eigenvalue weighted by Gasteiger charge is -2.19. The third kappa shape index (κ3) is 6.79. The lowest BCUT2D eigenvalue weighted by atomic mass is 9.96. The number of benzene rings is 2. The Labute approximate surface area is 197 Å². The molecule has 0 aliphatic heterocycles.